The highest BCUT2D eigenvalue weighted by atomic mass is 35.5. The topological polar surface area (TPSA) is 98.7 Å². The van der Waals surface area contributed by atoms with Gasteiger partial charge < -0.3 is 24.7 Å². The Balaban J connectivity index is 1.44. The number of ether oxygens (including phenoxy) is 2. The number of amides is 2. The molecule has 0 aliphatic carbocycles. The van der Waals surface area contributed by atoms with Crippen molar-refractivity contribution in [2.45, 2.75) is 13.0 Å². The van der Waals surface area contributed by atoms with Crippen LogP contribution in [-0.4, -0.2) is 36.6 Å². The molecule has 224 valence electrons. The normalized spacial score (nSPS) is 10.8. The maximum absolute atomic E-state index is 13.8. The lowest BCUT2D eigenvalue weighted by Gasteiger charge is -2.16. The second-order valence-electron chi connectivity index (χ2n) is 9.96. The number of carbonyl (C=O) groups is 2. The van der Waals surface area contributed by atoms with Crippen LogP contribution in [0.1, 0.15) is 21.5 Å². The number of hydrogen-bond donors (Lipinski definition) is 2. The molecule has 2 amide bonds. The van der Waals surface area contributed by atoms with Crippen molar-refractivity contribution < 1.29 is 19.1 Å². The van der Waals surface area contributed by atoms with Crippen molar-refractivity contribution in [3.05, 3.63) is 134 Å². The first-order valence-electron chi connectivity index (χ1n) is 13.8. The Morgan fingerprint density at radius 3 is 2.27 bits per heavy atom. The van der Waals surface area contributed by atoms with Crippen LogP contribution in [0.2, 0.25) is 10.0 Å². The third-order valence-corrected chi connectivity index (χ3v) is 7.42. The van der Waals surface area contributed by atoms with Crippen LogP contribution in [0.15, 0.2) is 102 Å². The highest BCUT2D eigenvalue weighted by molar-refractivity contribution is 6.30. The molecule has 0 unspecified atom stereocenters. The summed E-state index contributed by atoms with van der Waals surface area (Å²) in [5.41, 5.74) is 2.32. The number of anilines is 1. The Hall–Kier alpha value is -4.79. The Morgan fingerprint density at radius 2 is 1.55 bits per heavy atom. The summed E-state index contributed by atoms with van der Waals surface area (Å²) < 4.78 is 12.4. The number of nitrogens with one attached hydrogen (secondary N) is 2. The molecule has 8 nitrogen and oxygen atoms in total. The van der Waals surface area contributed by atoms with E-state index in [2.05, 4.69) is 10.6 Å². The van der Waals surface area contributed by atoms with Crippen LogP contribution in [0.3, 0.4) is 0 Å². The molecule has 5 rings (SSSR count). The predicted octanol–water partition coefficient (Wildman–Crippen LogP) is 6.36. The molecule has 0 fully saturated rings. The van der Waals surface area contributed by atoms with Gasteiger partial charge >= 0.3 is 0 Å². The highest BCUT2D eigenvalue weighted by Crippen LogP contribution is 2.25. The molecule has 0 saturated heterocycles. The van der Waals surface area contributed by atoms with E-state index in [1.807, 2.05) is 24.3 Å². The van der Waals surface area contributed by atoms with Gasteiger partial charge in [-0.3, -0.25) is 14.4 Å². The fraction of sp³-hybridized carbons (Fsp3) is 0.147. The van der Waals surface area contributed by atoms with Gasteiger partial charge in [-0.25, -0.2) is 0 Å². The van der Waals surface area contributed by atoms with Crippen LogP contribution < -0.4 is 25.7 Å². The first-order chi connectivity index (χ1) is 21.3. The molecule has 0 atom stereocenters. The number of carbonyl (C=O) groups excluding carboxylic acids is 2. The lowest BCUT2D eigenvalue weighted by atomic mass is 10.1. The summed E-state index contributed by atoms with van der Waals surface area (Å²) in [4.78, 5) is 40.1. The Morgan fingerprint density at radius 1 is 0.818 bits per heavy atom. The van der Waals surface area contributed by atoms with E-state index < -0.39 is 17.4 Å². The van der Waals surface area contributed by atoms with Crippen molar-refractivity contribution in [2.75, 3.05) is 25.6 Å². The van der Waals surface area contributed by atoms with Gasteiger partial charge in [-0.05, 0) is 78.2 Å². The molecule has 0 radical (unpaired) electrons. The molecule has 44 heavy (non-hydrogen) atoms. The Kier molecular flexibility index (Phi) is 9.84. The van der Waals surface area contributed by atoms with Gasteiger partial charge in [-0.2, -0.15) is 0 Å². The molecule has 0 spiro atoms. The number of methoxy groups -OCH3 is 1. The summed E-state index contributed by atoms with van der Waals surface area (Å²) in [6.45, 7) is 0.246. The van der Waals surface area contributed by atoms with Crippen LogP contribution in [0, 0.1) is 0 Å². The molecule has 1 heterocycles. The van der Waals surface area contributed by atoms with Gasteiger partial charge in [-0.1, -0.05) is 59.6 Å². The van der Waals surface area contributed by atoms with Crippen molar-refractivity contribution in [2.24, 2.45) is 0 Å². The second kappa shape index (κ2) is 14.1. The number of fused-ring (bicyclic) bond motifs is 1. The van der Waals surface area contributed by atoms with Crippen LogP contribution in [0.5, 0.6) is 11.5 Å². The fourth-order valence-electron chi connectivity index (χ4n) is 4.70. The molecular formula is C34H29Cl2N3O5. The Labute approximate surface area is 264 Å². The lowest BCUT2D eigenvalue weighted by molar-refractivity contribution is -0.118. The van der Waals surface area contributed by atoms with Gasteiger partial charge in [0.1, 0.15) is 17.1 Å². The van der Waals surface area contributed by atoms with Crippen molar-refractivity contribution in [3.8, 4) is 11.5 Å². The van der Waals surface area contributed by atoms with Gasteiger partial charge in [-0.15, -0.1) is 0 Å². The molecule has 0 aliphatic rings. The number of hydrogen-bond acceptors (Lipinski definition) is 5. The third kappa shape index (κ3) is 7.58. The maximum Gasteiger partial charge on any atom is 0.264 e. The summed E-state index contributed by atoms with van der Waals surface area (Å²) in [5, 5.41) is 7.37. The van der Waals surface area contributed by atoms with Gasteiger partial charge in [0.15, 0.2) is 6.61 Å². The minimum atomic E-state index is -0.514. The molecule has 0 bridgehead atoms. The molecular weight excluding hydrogens is 601 g/mol. The van der Waals surface area contributed by atoms with E-state index in [1.54, 1.807) is 73.8 Å². The van der Waals surface area contributed by atoms with E-state index in [-0.39, 0.29) is 18.7 Å². The molecule has 10 heteroatoms. The summed E-state index contributed by atoms with van der Waals surface area (Å²) in [6, 6.07) is 28.2. The SMILES string of the molecule is COc1ccc(Cn2c(=O)c(C(=O)NCCc3ccc(Cl)cc3)cc3c(NC(=O)COc4cccc(Cl)c4)cccc32)cc1. The molecule has 1 aromatic heterocycles. The van der Waals surface area contributed by atoms with Gasteiger partial charge in [0.05, 0.1) is 24.9 Å². The van der Waals surface area contributed by atoms with Crippen molar-refractivity contribution >= 4 is 51.6 Å². The maximum atomic E-state index is 13.8. The molecule has 0 saturated carbocycles. The monoisotopic (exact) mass is 629 g/mol. The highest BCUT2D eigenvalue weighted by Gasteiger charge is 2.18. The average molecular weight is 631 g/mol. The number of aromatic nitrogens is 1. The molecule has 2 N–H and O–H groups in total. The summed E-state index contributed by atoms with van der Waals surface area (Å²) in [6.07, 6.45) is 0.560. The summed E-state index contributed by atoms with van der Waals surface area (Å²) in [7, 11) is 1.58. The number of nitrogens with zero attached hydrogens (tertiary/aromatic N) is 1. The van der Waals surface area contributed by atoms with Gasteiger partial charge in [0, 0.05) is 22.0 Å². The lowest BCUT2D eigenvalue weighted by Crippen LogP contribution is -2.34. The van der Waals surface area contributed by atoms with E-state index in [1.165, 1.54) is 10.6 Å². The number of pyridine rings is 1. The number of rotatable bonds is 11. The van der Waals surface area contributed by atoms with Crippen molar-refractivity contribution in [1.29, 1.82) is 0 Å². The summed E-state index contributed by atoms with van der Waals surface area (Å²) in [5.74, 6) is 0.209. The first-order valence-corrected chi connectivity index (χ1v) is 14.6. The number of benzene rings is 4. The molecule has 4 aromatic carbocycles. The van der Waals surface area contributed by atoms with Crippen LogP contribution in [0.25, 0.3) is 10.9 Å². The third-order valence-electron chi connectivity index (χ3n) is 6.94. The zero-order valence-corrected chi connectivity index (χ0v) is 25.3. The van der Waals surface area contributed by atoms with Gasteiger partial charge in [0.2, 0.25) is 0 Å². The Bertz CT molecular complexity index is 1850. The fourth-order valence-corrected chi connectivity index (χ4v) is 5.01. The van der Waals surface area contributed by atoms with Crippen LogP contribution >= 0.6 is 23.2 Å². The van der Waals surface area contributed by atoms with E-state index in [4.69, 9.17) is 32.7 Å². The summed E-state index contributed by atoms with van der Waals surface area (Å²) >= 11 is 12.0. The van der Waals surface area contributed by atoms with E-state index in [0.29, 0.717) is 51.1 Å². The number of halogens is 2. The standard InChI is InChI=1S/C34H29Cl2N3O5/c1-43-26-14-10-23(11-15-26)20-39-31-7-3-6-30(38-32(40)21-44-27-5-2-4-25(36)18-27)28(31)19-29(34(39)42)33(41)37-17-16-22-8-12-24(35)13-9-22/h2-15,18-19H,16-17,20-21H2,1H3,(H,37,41)(H,38,40). The van der Waals surface area contributed by atoms with E-state index >= 15 is 0 Å². The average Bonchev–Trinajstić information content (AvgIpc) is 3.02. The minimum Gasteiger partial charge on any atom is -0.497 e. The zero-order valence-electron chi connectivity index (χ0n) is 23.8. The van der Waals surface area contributed by atoms with Crippen LogP contribution in [-0.2, 0) is 17.8 Å². The quantitative estimate of drug-likeness (QED) is 0.177. The minimum absolute atomic E-state index is 0.0426. The van der Waals surface area contributed by atoms with Gasteiger partial charge in [0.25, 0.3) is 17.4 Å². The molecule has 5 aromatic rings. The second-order valence-corrected chi connectivity index (χ2v) is 10.8. The first kappa shape index (κ1) is 30.7. The van der Waals surface area contributed by atoms with Crippen molar-refractivity contribution in [3.63, 3.8) is 0 Å². The van der Waals surface area contributed by atoms with E-state index in [9.17, 15) is 14.4 Å². The largest absolute Gasteiger partial charge is 0.497 e. The smallest absolute Gasteiger partial charge is 0.264 e. The molecule has 0 aliphatic heterocycles. The predicted molar refractivity (Wildman–Crippen MR) is 173 cm³/mol. The van der Waals surface area contributed by atoms with Crippen LogP contribution in [0.4, 0.5) is 5.69 Å². The van der Waals surface area contributed by atoms with E-state index in [0.717, 1.165) is 11.1 Å². The zero-order chi connectivity index (χ0) is 31.1. The van der Waals surface area contributed by atoms with Crippen molar-refractivity contribution in [1.82, 2.24) is 9.88 Å².